The molecule has 0 aliphatic carbocycles. The molecule has 0 saturated heterocycles. The van der Waals surface area contributed by atoms with Gasteiger partial charge in [-0.15, -0.1) is 0 Å². The highest BCUT2D eigenvalue weighted by atomic mass is 19.3. The van der Waals surface area contributed by atoms with Crippen molar-refractivity contribution in [2.45, 2.75) is 6.61 Å². The number of hydrogen-bond acceptors (Lipinski definition) is 3. The summed E-state index contributed by atoms with van der Waals surface area (Å²) in [6, 6.07) is 5.77. The van der Waals surface area contributed by atoms with Crippen molar-refractivity contribution in [3.8, 4) is 5.75 Å². The van der Waals surface area contributed by atoms with Crippen molar-refractivity contribution in [3.05, 3.63) is 29.8 Å². The van der Waals surface area contributed by atoms with E-state index in [1.54, 1.807) is 20.2 Å². The molecule has 0 aromatic heterocycles. The lowest BCUT2D eigenvalue weighted by molar-refractivity contribution is -0.0499. The summed E-state index contributed by atoms with van der Waals surface area (Å²) < 4.78 is 28.4. The number of benzene rings is 1. The van der Waals surface area contributed by atoms with E-state index in [0.29, 0.717) is 18.7 Å². The van der Waals surface area contributed by atoms with Gasteiger partial charge in [0.05, 0.1) is 0 Å². The Morgan fingerprint density at radius 1 is 1.50 bits per heavy atom. The molecule has 6 heteroatoms. The van der Waals surface area contributed by atoms with Gasteiger partial charge in [0.2, 0.25) is 0 Å². The molecule has 4 nitrogen and oxygen atoms in total. The summed E-state index contributed by atoms with van der Waals surface area (Å²) in [7, 11) is 3.44. The molecule has 0 spiro atoms. The van der Waals surface area contributed by atoms with Crippen LogP contribution in [0.3, 0.4) is 0 Å². The number of amides is 1. The van der Waals surface area contributed by atoms with E-state index in [1.807, 2.05) is 0 Å². The number of alkyl halides is 2. The van der Waals surface area contributed by atoms with E-state index in [9.17, 15) is 13.6 Å². The molecular weight excluding hydrogens is 242 g/mol. The Morgan fingerprint density at radius 3 is 2.83 bits per heavy atom. The Hall–Kier alpha value is -1.69. The van der Waals surface area contributed by atoms with Crippen LogP contribution < -0.4 is 10.1 Å². The summed E-state index contributed by atoms with van der Waals surface area (Å²) >= 11 is 0. The van der Waals surface area contributed by atoms with Gasteiger partial charge in [0.15, 0.2) is 0 Å². The van der Waals surface area contributed by atoms with E-state index in [0.717, 1.165) is 0 Å². The quantitative estimate of drug-likeness (QED) is 0.842. The van der Waals surface area contributed by atoms with Gasteiger partial charge in [0.1, 0.15) is 5.75 Å². The number of likely N-dealkylation sites (N-methyl/N-ethyl adjacent to an activating group) is 2. The number of carbonyl (C=O) groups is 1. The Kier molecular flexibility index (Phi) is 5.51. The van der Waals surface area contributed by atoms with Crippen molar-refractivity contribution in [1.82, 2.24) is 10.2 Å². The van der Waals surface area contributed by atoms with Crippen molar-refractivity contribution in [2.75, 3.05) is 27.2 Å². The van der Waals surface area contributed by atoms with Gasteiger partial charge in [0, 0.05) is 25.7 Å². The highest BCUT2D eigenvalue weighted by molar-refractivity contribution is 5.94. The SMILES string of the molecule is CNCCN(C)C(=O)c1cccc(OC(F)F)c1. The average Bonchev–Trinajstić information content (AvgIpc) is 2.34. The molecule has 0 atom stereocenters. The summed E-state index contributed by atoms with van der Waals surface area (Å²) in [5.41, 5.74) is 0.326. The summed E-state index contributed by atoms with van der Waals surface area (Å²) in [6.07, 6.45) is 0. The molecule has 100 valence electrons. The monoisotopic (exact) mass is 258 g/mol. The smallest absolute Gasteiger partial charge is 0.387 e. The lowest BCUT2D eigenvalue weighted by atomic mass is 10.2. The number of carbonyl (C=O) groups excluding carboxylic acids is 1. The maximum atomic E-state index is 12.1. The highest BCUT2D eigenvalue weighted by Gasteiger charge is 2.13. The number of nitrogens with zero attached hydrogens (tertiary/aromatic N) is 1. The van der Waals surface area contributed by atoms with Crippen LogP contribution in [0.5, 0.6) is 5.75 Å². The molecule has 1 aromatic rings. The molecule has 0 fully saturated rings. The molecule has 0 aliphatic rings. The van der Waals surface area contributed by atoms with Gasteiger partial charge in [-0.25, -0.2) is 0 Å². The van der Waals surface area contributed by atoms with Crippen LogP contribution in [-0.2, 0) is 0 Å². The number of halogens is 2. The van der Waals surface area contributed by atoms with Crippen molar-refractivity contribution in [2.24, 2.45) is 0 Å². The maximum Gasteiger partial charge on any atom is 0.387 e. The minimum absolute atomic E-state index is 0.0159. The molecule has 0 heterocycles. The van der Waals surface area contributed by atoms with E-state index < -0.39 is 6.61 Å². The van der Waals surface area contributed by atoms with Crippen molar-refractivity contribution < 1.29 is 18.3 Å². The Balaban J connectivity index is 2.73. The molecule has 1 aromatic carbocycles. The van der Waals surface area contributed by atoms with Crippen LogP contribution in [0.1, 0.15) is 10.4 Å². The molecule has 18 heavy (non-hydrogen) atoms. The summed E-state index contributed by atoms with van der Waals surface area (Å²) in [6.45, 7) is -1.69. The van der Waals surface area contributed by atoms with E-state index in [1.165, 1.54) is 23.1 Å². The van der Waals surface area contributed by atoms with Crippen LogP contribution in [-0.4, -0.2) is 44.6 Å². The van der Waals surface area contributed by atoms with Gasteiger partial charge < -0.3 is 15.0 Å². The molecule has 0 saturated carbocycles. The lowest BCUT2D eigenvalue weighted by Crippen LogP contribution is -2.32. The van der Waals surface area contributed by atoms with Crippen LogP contribution >= 0.6 is 0 Å². The molecule has 1 amide bonds. The van der Waals surface area contributed by atoms with Gasteiger partial charge in [0.25, 0.3) is 5.91 Å². The maximum absolute atomic E-state index is 12.1. The van der Waals surface area contributed by atoms with Crippen LogP contribution in [0.4, 0.5) is 8.78 Å². The fraction of sp³-hybridized carbons (Fsp3) is 0.417. The average molecular weight is 258 g/mol. The number of ether oxygens (including phenoxy) is 1. The fourth-order valence-electron chi connectivity index (χ4n) is 1.41. The van der Waals surface area contributed by atoms with Crippen molar-refractivity contribution >= 4 is 5.91 Å². The fourth-order valence-corrected chi connectivity index (χ4v) is 1.41. The van der Waals surface area contributed by atoms with Gasteiger partial charge in [-0.3, -0.25) is 4.79 Å². The van der Waals surface area contributed by atoms with Gasteiger partial charge >= 0.3 is 6.61 Å². The van der Waals surface area contributed by atoms with Crippen molar-refractivity contribution in [1.29, 1.82) is 0 Å². The van der Waals surface area contributed by atoms with E-state index in [-0.39, 0.29) is 11.7 Å². The first kappa shape index (κ1) is 14.4. The first-order valence-corrected chi connectivity index (χ1v) is 5.49. The zero-order valence-corrected chi connectivity index (χ0v) is 10.3. The standard InChI is InChI=1S/C12H16F2N2O2/c1-15-6-7-16(2)11(17)9-4-3-5-10(8-9)18-12(13)14/h3-5,8,12,15H,6-7H2,1-2H3. The first-order valence-electron chi connectivity index (χ1n) is 5.49. The van der Waals surface area contributed by atoms with Crippen LogP contribution in [0.15, 0.2) is 24.3 Å². The molecule has 0 bridgehead atoms. The zero-order valence-electron chi connectivity index (χ0n) is 10.3. The zero-order chi connectivity index (χ0) is 13.5. The van der Waals surface area contributed by atoms with Crippen LogP contribution in [0, 0.1) is 0 Å². The molecule has 0 aliphatic heterocycles. The topological polar surface area (TPSA) is 41.6 Å². The summed E-state index contributed by atoms with van der Waals surface area (Å²) in [5, 5.41) is 2.92. The predicted octanol–water partition coefficient (Wildman–Crippen LogP) is 1.58. The second kappa shape index (κ2) is 6.90. The van der Waals surface area contributed by atoms with Gasteiger partial charge in [-0.1, -0.05) is 6.07 Å². The Labute approximate surface area is 105 Å². The largest absolute Gasteiger partial charge is 0.435 e. The minimum atomic E-state index is -2.89. The summed E-state index contributed by atoms with van der Waals surface area (Å²) in [5.74, 6) is -0.247. The van der Waals surface area contributed by atoms with Crippen LogP contribution in [0.25, 0.3) is 0 Å². The third-order valence-electron chi connectivity index (χ3n) is 2.35. The molecular formula is C12H16F2N2O2. The van der Waals surface area contributed by atoms with E-state index in [4.69, 9.17) is 0 Å². The Morgan fingerprint density at radius 2 is 2.22 bits per heavy atom. The van der Waals surface area contributed by atoms with E-state index in [2.05, 4.69) is 10.1 Å². The predicted molar refractivity (Wildman–Crippen MR) is 64.0 cm³/mol. The minimum Gasteiger partial charge on any atom is -0.435 e. The number of hydrogen-bond donors (Lipinski definition) is 1. The number of nitrogens with one attached hydrogen (secondary N) is 1. The molecule has 1 N–H and O–H groups in total. The first-order chi connectivity index (χ1) is 8.54. The van der Waals surface area contributed by atoms with E-state index >= 15 is 0 Å². The van der Waals surface area contributed by atoms with Crippen molar-refractivity contribution in [3.63, 3.8) is 0 Å². The summed E-state index contributed by atoms with van der Waals surface area (Å²) in [4.78, 5) is 13.5. The molecule has 0 radical (unpaired) electrons. The molecule has 1 rings (SSSR count). The molecule has 0 unspecified atom stereocenters. The highest BCUT2D eigenvalue weighted by Crippen LogP contribution is 2.16. The third kappa shape index (κ3) is 4.29. The Bertz CT molecular complexity index is 399. The normalized spacial score (nSPS) is 10.5. The lowest BCUT2D eigenvalue weighted by Gasteiger charge is -2.17. The number of rotatable bonds is 6. The van der Waals surface area contributed by atoms with Gasteiger partial charge in [-0.05, 0) is 25.2 Å². The third-order valence-corrected chi connectivity index (χ3v) is 2.35. The second-order valence-electron chi connectivity index (χ2n) is 3.74. The second-order valence-corrected chi connectivity index (χ2v) is 3.74. The van der Waals surface area contributed by atoms with Gasteiger partial charge in [-0.2, -0.15) is 8.78 Å². The van der Waals surface area contributed by atoms with Crippen LogP contribution in [0.2, 0.25) is 0 Å².